The number of carbonyl (C=O) groups is 2. The fourth-order valence-electron chi connectivity index (χ4n) is 4.55. The molecule has 1 amide bonds. The summed E-state index contributed by atoms with van der Waals surface area (Å²) in [7, 11) is 0. The number of hydrogen-bond acceptors (Lipinski definition) is 8. The molecule has 0 unspecified atom stereocenters. The number of hydrogen-bond donors (Lipinski definition) is 3. The number of anilines is 1. The number of thiazole rings is 1. The molecule has 3 aromatic rings. The van der Waals surface area contributed by atoms with E-state index in [1.54, 1.807) is 13.0 Å². The predicted molar refractivity (Wildman–Crippen MR) is 141 cm³/mol. The summed E-state index contributed by atoms with van der Waals surface area (Å²) in [6, 6.07) is 5.55. The van der Waals surface area contributed by atoms with Crippen molar-refractivity contribution >= 4 is 50.2 Å². The van der Waals surface area contributed by atoms with Crippen molar-refractivity contribution in [1.82, 2.24) is 25.6 Å². The first-order chi connectivity index (χ1) is 17.5. The van der Waals surface area contributed by atoms with Crippen LogP contribution in [-0.4, -0.2) is 65.2 Å². The van der Waals surface area contributed by atoms with Crippen molar-refractivity contribution in [3.63, 3.8) is 0 Å². The molecule has 2 atom stereocenters. The number of halogens is 1. The van der Waals surface area contributed by atoms with Gasteiger partial charge >= 0.3 is 5.97 Å². The zero-order valence-electron chi connectivity index (χ0n) is 20.5. The molecule has 1 aliphatic heterocycles. The van der Waals surface area contributed by atoms with Crippen LogP contribution in [0, 0.1) is 5.92 Å². The van der Waals surface area contributed by atoms with E-state index in [-0.39, 0.29) is 29.8 Å². The molecule has 3 heterocycles. The number of aromatic amines is 1. The van der Waals surface area contributed by atoms with E-state index in [9.17, 15) is 9.59 Å². The van der Waals surface area contributed by atoms with Crippen molar-refractivity contribution in [3.8, 4) is 0 Å². The molecule has 1 aliphatic carbocycles. The van der Waals surface area contributed by atoms with Crippen molar-refractivity contribution in [2.24, 2.45) is 5.92 Å². The van der Waals surface area contributed by atoms with Gasteiger partial charge in [-0.2, -0.15) is 0 Å². The Balaban J connectivity index is 1.33. The number of esters is 1. The lowest BCUT2D eigenvalue weighted by molar-refractivity contribution is 0.0528. The fraction of sp³-hybridized carbons (Fsp3) is 0.520. The summed E-state index contributed by atoms with van der Waals surface area (Å²) in [5, 5.41) is 8.08. The first kappa shape index (κ1) is 25.0. The minimum atomic E-state index is -0.326. The van der Waals surface area contributed by atoms with Gasteiger partial charge in [0.1, 0.15) is 0 Å². The molecule has 9 nitrogen and oxygen atoms in total. The lowest BCUT2D eigenvalue weighted by atomic mass is 9.99. The second kappa shape index (κ2) is 10.7. The third-order valence-corrected chi connectivity index (χ3v) is 8.24. The molecule has 5 rings (SSSR count). The van der Waals surface area contributed by atoms with Gasteiger partial charge < -0.3 is 25.3 Å². The van der Waals surface area contributed by atoms with Crippen LogP contribution in [0.15, 0.2) is 18.2 Å². The van der Waals surface area contributed by atoms with Gasteiger partial charge in [-0.05, 0) is 57.2 Å². The number of ether oxygens (including phenoxy) is 1. The number of amides is 1. The van der Waals surface area contributed by atoms with Gasteiger partial charge in [0.15, 0.2) is 16.1 Å². The van der Waals surface area contributed by atoms with Crippen molar-refractivity contribution in [2.75, 3.05) is 31.1 Å². The number of carbonyl (C=O) groups excluding carboxylic acids is 2. The van der Waals surface area contributed by atoms with Crippen LogP contribution in [-0.2, 0) is 11.2 Å². The Kier molecular flexibility index (Phi) is 7.45. The number of piperidine rings is 1. The Morgan fingerprint density at radius 2 is 2.06 bits per heavy atom. The van der Waals surface area contributed by atoms with E-state index in [1.807, 2.05) is 19.1 Å². The van der Waals surface area contributed by atoms with Gasteiger partial charge in [0.25, 0.3) is 5.91 Å². The summed E-state index contributed by atoms with van der Waals surface area (Å²) >= 11 is 7.66. The number of nitrogens with one attached hydrogen (secondary N) is 3. The number of H-pyrrole nitrogens is 1. The normalized spacial score (nSPS) is 20.0. The zero-order valence-corrected chi connectivity index (χ0v) is 22.0. The molecule has 3 N–H and O–H groups in total. The molecule has 2 fully saturated rings. The SMILES string of the molecule is CCOC(=O)c1cccc2nc(N3CC[C@@H](NC(=O)c4nc(Cl)c(CC)[nH]4)[C@@H](NCC4CC4)C3)sc12. The number of nitrogens with zero attached hydrogens (tertiary/aromatic N) is 3. The Morgan fingerprint density at radius 1 is 1.22 bits per heavy atom. The maximum absolute atomic E-state index is 13.0. The third-order valence-electron chi connectivity index (χ3n) is 6.76. The summed E-state index contributed by atoms with van der Waals surface area (Å²) in [6.45, 7) is 6.47. The van der Waals surface area contributed by atoms with Gasteiger partial charge in [-0.1, -0.05) is 35.9 Å². The van der Waals surface area contributed by atoms with Crippen LogP contribution in [0.3, 0.4) is 0 Å². The number of aryl methyl sites for hydroxylation is 1. The maximum atomic E-state index is 13.0. The Bertz CT molecular complexity index is 1260. The first-order valence-electron chi connectivity index (χ1n) is 12.6. The molecule has 2 aliphatic rings. The van der Waals surface area contributed by atoms with Crippen molar-refractivity contribution in [2.45, 2.75) is 51.6 Å². The quantitative estimate of drug-likeness (QED) is 0.361. The average Bonchev–Trinajstić information content (AvgIpc) is 3.47. The molecule has 192 valence electrons. The second-order valence-corrected chi connectivity index (χ2v) is 10.7. The van der Waals surface area contributed by atoms with Crippen LogP contribution in [0.1, 0.15) is 59.8 Å². The molecule has 11 heteroatoms. The second-order valence-electron chi connectivity index (χ2n) is 9.35. The lowest BCUT2D eigenvalue weighted by Crippen LogP contribution is -2.60. The van der Waals surface area contributed by atoms with E-state index < -0.39 is 0 Å². The predicted octanol–water partition coefficient (Wildman–Crippen LogP) is 3.79. The minimum Gasteiger partial charge on any atom is -0.462 e. The highest BCUT2D eigenvalue weighted by Crippen LogP contribution is 2.34. The monoisotopic (exact) mass is 530 g/mol. The number of imidazole rings is 1. The van der Waals surface area contributed by atoms with Crippen molar-refractivity contribution in [1.29, 1.82) is 0 Å². The number of aromatic nitrogens is 3. The van der Waals surface area contributed by atoms with E-state index in [0.717, 1.165) is 40.6 Å². The van der Waals surface area contributed by atoms with Crippen LogP contribution in [0.25, 0.3) is 10.2 Å². The summed E-state index contributed by atoms with van der Waals surface area (Å²) in [6.07, 6.45) is 3.94. The molecule has 1 saturated heterocycles. The van der Waals surface area contributed by atoms with E-state index in [4.69, 9.17) is 21.3 Å². The van der Waals surface area contributed by atoms with Crippen LogP contribution in [0.2, 0.25) is 5.15 Å². The molecular formula is C25H31ClN6O3S. The highest BCUT2D eigenvalue weighted by Gasteiger charge is 2.34. The average molecular weight is 531 g/mol. The van der Waals surface area contributed by atoms with E-state index in [2.05, 4.69) is 25.5 Å². The summed E-state index contributed by atoms with van der Waals surface area (Å²) < 4.78 is 6.07. The fourth-order valence-corrected chi connectivity index (χ4v) is 5.92. The number of fused-ring (bicyclic) bond motifs is 1. The molecular weight excluding hydrogens is 500 g/mol. The van der Waals surface area contributed by atoms with Crippen LogP contribution >= 0.6 is 22.9 Å². The van der Waals surface area contributed by atoms with Crippen LogP contribution < -0.4 is 15.5 Å². The van der Waals surface area contributed by atoms with Crippen molar-refractivity contribution in [3.05, 3.63) is 40.4 Å². The highest BCUT2D eigenvalue weighted by atomic mass is 35.5. The highest BCUT2D eigenvalue weighted by molar-refractivity contribution is 7.22. The topological polar surface area (TPSA) is 112 Å². The summed E-state index contributed by atoms with van der Waals surface area (Å²) in [5.41, 5.74) is 2.10. The summed E-state index contributed by atoms with van der Waals surface area (Å²) in [4.78, 5) is 39.7. The molecule has 0 radical (unpaired) electrons. The van der Waals surface area contributed by atoms with Gasteiger partial charge in [-0.3, -0.25) is 4.79 Å². The smallest absolute Gasteiger partial charge is 0.339 e. The first-order valence-corrected chi connectivity index (χ1v) is 13.8. The number of rotatable bonds is 9. The third kappa shape index (κ3) is 5.35. The van der Waals surface area contributed by atoms with Crippen LogP contribution in [0.5, 0.6) is 0 Å². The molecule has 0 spiro atoms. The van der Waals surface area contributed by atoms with E-state index in [1.165, 1.54) is 24.2 Å². The Morgan fingerprint density at radius 3 is 2.78 bits per heavy atom. The molecule has 36 heavy (non-hydrogen) atoms. The minimum absolute atomic E-state index is 0.0501. The number of benzene rings is 1. The Labute approximate surface area is 219 Å². The van der Waals surface area contributed by atoms with Gasteiger partial charge in [0.2, 0.25) is 0 Å². The molecule has 0 bridgehead atoms. The lowest BCUT2D eigenvalue weighted by Gasteiger charge is -2.39. The standard InChI is InChI=1S/C25H31ClN6O3S/c1-3-16-21(26)31-22(28-16)23(33)29-17-10-11-32(13-19(17)27-12-14-8-9-14)25-30-18-7-5-6-15(20(18)36-25)24(34)35-4-2/h5-7,14,17,19,27H,3-4,8-13H2,1-2H3,(H,28,31)(H,29,33)/t17-,19+/m1/s1. The molecule has 1 aromatic carbocycles. The van der Waals surface area contributed by atoms with E-state index >= 15 is 0 Å². The van der Waals surface area contributed by atoms with Gasteiger partial charge in [-0.15, -0.1) is 0 Å². The summed E-state index contributed by atoms with van der Waals surface area (Å²) in [5.74, 6) is 0.389. The molecule has 2 aromatic heterocycles. The van der Waals surface area contributed by atoms with Gasteiger partial charge in [0.05, 0.1) is 28.1 Å². The Hall–Kier alpha value is -2.69. The molecule has 1 saturated carbocycles. The maximum Gasteiger partial charge on any atom is 0.339 e. The van der Waals surface area contributed by atoms with Crippen molar-refractivity contribution < 1.29 is 14.3 Å². The zero-order chi connectivity index (χ0) is 25.2. The largest absolute Gasteiger partial charge is 0.462 e. The van der Waals surface area contributed by atoms with E-state index in [0.29, 0.717) is 36.2 Å². The van der Waals surface area contributed by atoms with Gasteiger partial charge in [-0.25, -0.2) is 14.8 Å². The van der Waals surface area contributed by atoms with Gasteiger partial charge in [0, 0.05) is 25.2 Å². The van der Waals surface area contributed by atoms with Crippen LogP contribution in [0.4, 0.5) is 5.13 Å².